The molecule has 0 spiro atoms. The number of rotatable bonds is 2. The lowest BCUT2D eigenvalue weighted by Gasteiger charge is -2.06. The molecule has 0 aliphatic carbocycles. The fraction of sp³-hybridized carbons (Fsp3) is 0. The summed E-state index contributed by atoms with van der Waals surface area (Å²) in [5, 5.41) is 12.1. The van der Waals surface area contributed by atoms with Crippen LogP contribution in [0.3, 0.4) is 0 Å². The molecule has 0 unspecified atom stereocenters. The monoisotopic (exact) mass is 262 g/mol. The Morgan fingerprint density at radius 2 is 1.83 bits per heavy atom. The molecule has 0 bridgehead atoms. The summed E-state index contributed by atoms with van der Waals surface area (Å²) in [5.74, 6) is -0.293. The Labute approximate surface area is 109 Å². The van der Waals surface area contributed by atoms with E-state index in [4.69, 9.17) is 17.3 Å². The van der Waals surface area contributed by atoms with Gasteiger partial charge in [0.1, 0.15) is 5.75 Å². The third-order valence-electron chi connectivity index (χ3n) is 2.38. The first-order chi connectivity index (χ1) is 8.56. The first kappa shape index (κ1) is 12.3. The minimum absolute atomic E-state index is 0.0258. The average Bonchev–Trinajstić information content (AvgIpc) is 2.34. The van der Waals surface area contributed by atoms with Gasteiger partial charge in [-0.25, -0.2) is 0 Å². The fourth-order valence-corrected chi connectivity index (χ4v) is 1.60. The number of halogens is 1. The molecule has 0 heterocycles. The molecule has 18 heavy (non-hydrogen) atoms. The van der Waals surface area contributed by atoms with Crippen molar-refractivity contribution >= 4 is 28.9 Å². The molecule has 0 aliphatic rings. The van der Waals surface area contributed by atoms with Gasteiger partial charge >= 0.3 is 0 Å². The van der Waals surface area contributed by atoms with Crippen molar-refractivity contribution in [2.24, 2.45) is 0 Å². The predicted molar refractivity (Wildman–Crippen MR) is 71.9 cm³/mol. The third-order valence-corrected chi connectivity index (χ3v) is 2.68. The summed E-state index contributed by atoms with van der Waals surface area (Å²) < 4.78 is 0. The van der Waals surface area contributed by atoms with Crippen LogP contribution in [-0.4, -0.2) is 11.0 Å². The van der Waals surface area contributed by atoms with Crippen LogP contribution < -0.4 is 11.1 Å². The average molecular weight is 263 g/mol. The first-order valence-electron chi connectivity index (χ1n) is 5.21. The van der Waals surface area contributed by atoms with Crippen molar-refractivity contribution < 1.29 is 9.90 Å². The molecule has 2 aromatic rings. The predicted octanol–water partition coefficient (Wildman–Crippen LogP) is 2.88. The van der Waals surface area contributed by atoms with Crippen molar-refractivity contribution in [3.8, 4) is 5.75 Å². The van der Waals surface area contributed by atoms with Crippen LogP contribution in [0, 0.1) is 0 Å². The topological polar surface area (TPSA) is 75.4 Å². The lowest BCUT2D eigenvalue weighted by Crippen LogP contribution is -2.11. The van der Waals surface area contributed by atoms with E-state index in [-0.39, 0.29) is 16.7 Å². The van der Waals surface area contributed by atoms with Crippen molar-refractivity contribution in [1.82, 2.24) is 0 Å². The molecule has 5 heteroatoms. The van der Waals surface area contributed by atoms with Crippen LogP contribution in [0.4, 0.5) is 11.4 Å². The van der Waals surface area contributed by atoms with E-state index in [1.54, 1.807) is 30.3 Å². The molecule has 92 valence electrons. The van der Waals surface area contributed by atoms with Gasteiger partial charge in [0.2, 0.25) is 0 Å². The maximum Gasteiger partial charge on any atom is 0.255 e. The number of nitrogens with two attached hydrogens (primary N) is 1. The van der Waals surface area contributed by atoms with Gasteiger partial charge in [-0.2, -0.15) is 0 Å². The maximum atomic E-state index is 11.9. The quantitative estimate of drug-likeness (QED) is 0.575. The van der Waals surface area contributed by atoms with E-state index in [1.165, 1.54) is 12.1 Å². The van der Waals surface area contributed by atoms with Gasteiger partial charge in [-0.3, -0.25) is 4.79 Å². The van der Waals surface area contributed by atoms with Gasteiger partial charge in [-0.15, -0.1) is 0 Å². The number of aromatic hydroxyl groups is 1. The number of nitrogens with one attached hydrogen (secondary N) is 1. The molecular weight excluding hydrogens is 252 g/mol. The van der Waals surface area contributed by atoms with Gasteiger partial charge in [0, 0.05) is 16.9 Å². The molecule has 0 fully saturated rings. The summed E-state index contributed by atoms with van der Waals surface area (Å²) in [6.45, 7) is 0. The number of phenolic OH excluding ortho intramolecular Hbond substituents is 1. The molecule has 0 saturated heterocycles. The third kappa shape index (κ3) is 2.73. The van der Waals surface area contributed by atoms with Gasteiger partial charge in [-0.1, -0.05) is 11.6 Å². The van der Waals surface area contributed by atoms with E-state index < -0.39 is 0 Å². The summed E-state index contributed by atoms with van der Waals surface area (Å²) >= 11 is 5.75. The van der Waals surface area contributed by atoms with Crippen molar-refractivity contribution in [3.63, 3.8) is 0 Å². The Bertz CT molecular complexity index is 582. The van der Waals surface area contributed by atoms with Crippen LogP contribution in [0.1, 0.15) is 10.4 Å². The smallest absolute Gasteiger partial charge is 0.255 e. The molecule has 2 rings (SSSR count). The summed E-state index contributed by atoms with van der Waals surface area (Å²) in [6, 6.07) is 11.0. The molecule has 0 aromatic heterocycles. The first-order valence-corrected chi connectivity index (χ1v) is 5.59. The molecule has 4 nitrogen and oxygen atoms in total. The number of benzene rings is 2. The molecule has 2 aromatic carbocycles. The number of hydrogen-bond acceptors (Lipinski definition) is 3. The highest BCUT2D eigenvalue weighted by Gasteiger charge is 2.07. The summed E-state index contributed by atoms with van der Waals surface area (Å²) in [5.41, 5.74) is 7.14. The van der Waals surface area contributed by atoms with E-state index >= 15 is 0 Å². The summed E-state index contributed by atoms with van der Waals surface area (Å²) in [6.07, 6.45) is 0. The van der Waals surface area contributed by atoms with Crippen LogP contribution in [0.15, 0.2) is 42.5 Å². The number of hydrogen-bond donors (Lipinski definition) is 3. The standard InChI is InChI=1S/C13H11ClN2O2/c14-11-7-10(5-6-12(11)17)16-13(18)8-1-3-9(15)4-2-8/h1-7,17H,15H2,(H,16,18). The van der Waals surface area contributed by atoms with Gasteiger partial charge in [0.15, 0.2) is 0 Å². The number of anilines is 2. The van der Waals surface area contributed by atoms with Crippen LogP contribution in [0.5, 0.6) is 5.75 Å². The Morgan fingerprint density at radius 1 is 1.17 bits per heavy atom. The molecule has 0 atom stereocenters. The van der Waals surface area contributed by atoms with Crippen LogP contribution in [0.2, 0.25) is 5.02 Å². The normalized spacial score (nSPS) is 10.1. The van der Waals surface area contributed by atoms with E-state index in [1.807, 2.05) is 0 Å². The minimum atomic E-state index is -0.267. The second-order valence-electron chi connectivity index (χ2n) is 3.74. The number of phenols is 1. The van der Waals surface area contributed by atoms with Gasteiger partial charge < -0.3 is 16.2 Å². The van der Waals surface area contributed by atoms with E-state index in [0.717, 1.165) is 0 Å². The molecule has 4 N–H and O–H groups in total. The summed E-state index contributed by atoms with van der Waals surface area (Å²) in [7, 11) is 0. The van der Waals surface area contributed by atoms with Crippen LogP contribution >= 0.6 is 11.6 Å². The molecule has 1 amide bonds. The maximum absolute atomic E-state index is 11.9. The lowest BCUT2D eigenvalue weighted by atomic mass is 10.2. The molecule has 0 radical (unpaired) electrons. The second-order valence-corrected chi connectivity index (χ2v) is 4.15. The number of nitrogen functional groups attached to an aromatic ring is 1. The Balaban J connectivity index is 2.16. The SMILES string of the molecule is Nc1ccc(C(=O)Nc2ccc(O)c(Cl)c2)cc1. The fourth-order valence-electron chi connectivity index (χ4n) is 1.42. The molecule has 0 saturated carbocycles. The van der Waals surface area contributed by atoms with Crippen molar-refractivity contribution in [3.05, 3.63) is 53.1 Å². The van der Waals surface area contributed by atoms with Crippen molar-refractivity contribution in [1.29, 1.82) is 0 Å². The highest BCUT2D eigenvalue weighted by Crippen LogP contribution is 2.26. The van der Waals surface area contributed by atoms with Crippen molar-refractivity contribution in [2.75, 3.05) is 11.1 Å². The molecular formula is C13H11ClN2O2. The van der Waals surface area contributed by atoms with E-state index in [2.05, 4.69) is 5.32 Å². The van der Waals surface area contributed by atoms with Gasteiger partial charge in [0.05, 0.1) is 5.02 Å². The Morgan fingerprint density at radius 3 is 2.44 bits per heavy atom. The van der Waals surface area contributed by atoms with E-state index in [9.17, 15) is 9.90 Å². The number of amides is 1. The zero-order chi connectivity index (χ0) is 13.1. The van der Waals surface area contributed by atoms with Crippen LogP contribution in [0.25, 0.3) is 0 Å². The Hall–Kier alpha value is -2.20. The zero-order valence-electron chi connectivity index (χ0n) is 9.35. The van der Waals surface area contributed by atoms with E-state index in [0.29, 0.717) is 16.9 Å². The Kier molecular flexibility index (Phi) is 3.39. The van der Waals surface area contributed by atoms with Gasteiger partial charge in [0.25, 0.3) is 5.91 Å². The summed E-state index contributed by atoms with van der Waals surface area (Å²) in [4.78, 5) is 11.9. The largest absolute Gasteiger partial charge is 0.506 e. The van der Waals surface area contributed by atoms with Gasteiger partial charge in [-0.05, 0) is 42.5 Å². The highest BCUT2D eigenvalue weighted by molar-refractivity contribution is 6.32. The van der Waals surface area contributed by atoms with Crippen LogP contribution in [-0.2, 0) is 0 Å². The number of carbonyl (C=O) groups is 1. The lowest BCUT2D eigenvalue weighted by molar-refractivity contribution is 0.102. The van der Waals surface area contributed by atoms with Crippen molar-refractivity contribution in [2.45, 2.75) is 0 Å². The highest BCUT2D eigenvalue weighted by atomic mass is 35.5. The minimum Gasteiger partial charge on any atom is -0.506 e. The second kappa shape index (κ2) is 4.98. The zero-order valence-corrected chi connectivity index (χ0v) is 10.1. The molecule has 0 aliphatic heterocycles. The number of carbonyl (C=O) groups excluding carboxylic acids is 1.